The second-order valence-corrected chi connectivity index (χ2v) is 7.27. The summed E-state index contributed by atoms with van der Waals surface area (Å²) in [6.07, 6.45) is -2.22. The first-order valence-electron chi connectivity index (χ1n) is 9.32. The van der Waals surface area contributed by atoms with E-state index in [9.17, 15) is 40.5 Å². The van der Waals surface area contributed by atoms with E-state index in [0.29, 0.717) is 0 Å². The molecule has 166 valence electrons. The highest BCUT2D eigenvalue weighted by Crippen LogP contribution is 2.44. The zero-order valence-corrected chi connectivity index (χ0v) is 16.3. The van der Waals surface area contributed by atoms with Gasteiger partial charge in [-0.25, -0.2) is 4.79 Å². The number of fused-ring (bicyclic) bond motifs is 1. The number of carbonyl (C=O) groups excluding carboxylic acids is 1. The number of phenols is 7. The van der Waals surface area contributed by atoms with Gasteiger partial charge in [-0.2, -0.15) is 0 Å². The van der Waals surface area contributed by atoms with Gasteiger partial charge in [0.25, 0.3) is 0 Å². The SMILES string of the molecule is O=C(O[C@H]1Cc2c(O)cc(O)cc2O[C@@H]1c1cc(O)cc(O)c1)c1cc(O)c(O)c(O)c1. The van der Waals surface area contributed by atoms with Gasteiger partial charge >= 0.3 is 5.97 Å². The second kappa shape index (κ2) is 7.65. The van der Waals surface area contributed by atoms with Gasteiger partial charge in [-0.3, -0.25) is 0 Å². The van der Waals surface area contributed by atoms with Gasteiger partial charge in [0.15, 0.2) is 23.4 Å². The molecule has 2 atom stereocenters. The van der Waals surface area contributed by atoms with E-state index in [1.807, 2.05) is 0 Å². The fraction of sp³-hybridized carbons (Fsp3) is 0.136. The molecule has 4 rings (SSSR count). The van der Waals surface area contributed by atoms with Crippen LogP contribution >= 0.6 is 0 Å². The highest BCUT2D eigenvalue weighted by molar-refractivity contribution is 5.91. The Kier molecular flexibility index (Phi) is 4.97. The van der Waals surface area contributed by atoms with Crippen LogP contribution < -0.4 is 4.74 Å². The van der Waals surface area contributed by atoms with Crippen molar-refractivity contribution in [2.45, 2.75) is 18.6 Å². The predicted octanol–water partition coefficient (Wildman–Crippen LogP) is 2.53. The number of ether oxygens (including phenoxy) is 2. The highest BCUT2D eigenvalue weighted by Gasteiger charge is 2.37. The first kappa shape index (κ1) is 20.8. The van der Waals surface area contributed by atoms with Gasteiger partial charge in [0.1, 0.15) is 34.9 Å². The van der Waals surface area contributed by atoms with E-state index in [0.717, 1.165) is 24.3 Å². The quantitative estimate of drug-likeness (QED) is 0.235. The van der Waals surface area contributed by atoms with Gasteiger partial charge in [-0.05, 0) is 24.3 Å². The molecule has 10 nitrogen and oxygen atoms in total. The zero-order chi connectivity index (χ0) is 23.2. The minimum absolute atomic E-state index is 0.0652. The number of phenolic OH excluding ortho intramolecular Hbond substituents is 7. The molecule has 1 aliphatic heterocycles. The van der Waals surface area contributed by atoms with Gasteiger partial charge in [-0.15, -0.1) is 0 Å². The normalized spacial score (nSPS) is 17.2. The molecule has 32 heavy (non-hydrogen) atoms. The van der Waals surface area contributed by atoms with Crippen LogP contribution in [0, 0.1) is 0 Å². The Morgan fingerprint density at radius 3 is 2.00 bits per heavy atom. The van der Waals surface area contributed by atoms with Gasteiger partial charge in [-0.1, -0.05) is 0 Å². The minimum Gasteiger partial charge on any atom is -0.508 e. The Hall–Kier alpha value is -4.47. The van der Waals surface area contributed by atoms with E-state index < -0.39 is 35.4 Å². The van der Waals surface area contributed by atoms with Gasteiger partial charge in [0, 0.05) is 35.7 Å². The summed E-state index contributed by atoms with van der Waals surface area (Å²) in [5.41, 5.74) is 0.221. The van der Waals surface area contributed by atoms with Crippen molar-refractivity contribution in [2.24, 2.45) is 0 Å². The predicted molar refractivity (Wildman–Crippen MR) is 107 cm³/mol. The van der Waals surface area contributed by atoms with Gasteiger partial charge in [0.05, 0.1) is 5.56 Å². The van der Waals surface area contributed by atoms with Crippen LogP contribution in [0.1, 0.15) is 27.6 Å². The lowest BCUT2D eigenvalue weighted by Crippen LogP contribution is -2.34. The Balaban J connectivity index is 1.73. The molecule has 0 saturated carbocycles. The van der Waals surface area contributed by atoms with Crippen molar-refractivity contribution in [3.05, 3.63) is 59.2 Å². The highest BCUT2D eigenvalue weighted by atomic mass is 16.6. The maximum atomic E-state index is 12.7. The van der Waals surface area contributed by atoms with Gasteiger partial charge < -0.3 is 45.2 Å². The van der Waals surface area contributed by atoms with Crippen LogP contribution in [0.5, 0.6) is 46.0 Å². The molecule has 1 aliphatic rings. The number of hydrogen-bond donors (Lipinski definition) is 7. The van der Waals surface area contributed by atoms with E-state index >= 15 is 0 Å². The molecule has 0 spiro atoms. The average molecular weight is 442 g/mol. The average Bonchev–Trinajstić information content (AvgIpc) is 2.70. The fourth-order valence-corrected chi connectivity index (χ4v) is 3.54. The molecular weight excluding hydrogens is 424 g/mol. The Morgan fingerprint density at radius 2 is 1.38 bits per heavy atom. The summed E-state index contributed by atoms with van der Waals surface area (Å²) < 4.78 is 11.4. The van der Waals surface area contributed by atoms with Crippen LogP contribution in [0.2, 0.25) is 0 Å². The Bertz CT molecular complexity index is 1180. The smallest absolute Gasteiger partial charge is 0.338 e. The number of hydrogen-bond acceptors (Lipinski definition) is 10. The molecule has 0 saturated heterocycles. The first-order chi connectivity index (χ1) is 15.1. The molecule has 1 heterocycles. The van der Waals surface area contributed by atoms with Crippen molar-refractivity contribution in [3.8, 4) is 46.0 Å². The number of esters is 1. The molecule has 10 heteroatoms. The molecule has 0 unspecified atom stereocenters. The van der Waals surface area contributed by atoms with Crippen molar-refractivity contribution in [3.63, 3.8) is 0 Å². The number of rotatable bonds is 3. The van der Waals surface area contributed by atoms with Crippen molar-refractivity contribution in [1.29, 1.82) is 0 Å². The summed E-state index contributed by atoms with van der Waals surface area (Å²) in [4.78, 5) is 12.7. The summed E-state index contributed by atoms with van der Waals surface area (Å²) in [5.74, 6) is -4.23. The molecule has 7 N–H and O–H groups in total. The van der Waals surface area contributed by atoms with Crippen molar-refractivity contribution in [2.75, 3.05) is 0 Å². The first-order valence-corrected chi connectivity index (χ1v) is 9.32. The molecule has 0 radical (unpaired) electrons. The van der Waals surface area contributed by atoms with Crippen LogP contribution in [0.15, 0.2) is 42.5 Å². The Morgan fingerprint density at radius 1 is 0.781 bits per heavy atom. The largest absolute Gasteiger partial charge is 0.508 e. The minimum atomic E-state index is -1.09. The molecule has 0 fully saturated rings. The summed E-state index contributed by atoms with van der Waals surface area (Å²) in [5, 5.41) is 68.5. The standard InChI is InChI=1S/C22H18O10/c23-11-1-9(2-12(24)5-11)21-19(8-14-15(26)6-13(25)7-18(14)31-21)32-22(30)10-3-16(27)20(29)17(28)4-10/h1-7,19,21,23-29H,8H2/t19-,21+/m0/s1. The lowest BCUT2D eigenvalue weighted by atomic mass is 9.93. The summed E-state index contributed by atoms with van der Waals surface area (Å²) in [6, 6.07) is 7.84. The molecule has 0 aliphatic carbocycles. The maximum absolute atomic E-state index is 12.7. The third kappa shape index (κ3) is 3.81. The lowest BCUT2D eigenvalue weighted by molar-refractivity contribution is -0.0189. The molecule has 0 amide bonds. The lowest BCUT2D eigenvalue weighted by Gasteiger charge is -2.34. The molecular formula is C22H18O10. The summed E-state index contributed by atoms with van der Waals surface area (Å²) >= 11 is 0. The summed E-state index contributed by atoms with van der Waals surface area (Å²) in [7, 11) is 0. The number of benzene rings is 3. The molecule has 3 aromatic carbocycles. The van der Waals surface area contributed by atoms with Crippen LogP contribution in [0.4, 0.5) is 0 Å². The topological polar surface area (TPSA) is 177 Å². The van der Waals surface area contributed by atoms with Crippen molar-refractivity contribution in [1.82, 2.24) is 0 Å². The van der Waals surface area contributed by atoms with Crippen LogP contribution in [-0.2, 0) is 11.2 Å². The monoisotopic (exact) mass is 442 g/mol. The third-order valence-corrected chi connectivity index (χ3v) is 4.98. The summed E-state index contributed by atoms with van der Waals surface area (Å²) in [6.45, 7) is 0. The zero-order valence-electron chi connectivity index (χ0n) is 16.3. The molecule has 0 aromatic heterocycles. The van der Waals surface area contributed by atoms with E-state index in [1.54, 1.807) is 0 Å². The van der Waals surface area contributed by atoms with E-state index in [-0.39, 0.29) is 51.9 Å². The second-order valence-electron chi connectivity index (χ2n) is 7.27. The van der Waals surface area contributed by atoms with E-state index in [2.05, 4.69) is 0 Å². The van der Waals surface area contributed by atoms with Crippen molar-refractivity contribution >= 4 is 5.97 Å². The van der Waals surface area contributed by atoms with Crippen LogP contribution in [-0.4, -0.2) is 47.8 Å². The third-order valence-electron chi connectivity index (χ3n) is 4.98. The number of carbonyl (C=O) groups is 1. The van der Waals surface area contributed by atoms with Gasteiger partial charge in [0.2, 0.25) is 0 Å². The Labute approximate surface area is 180 Å². The molecule has 3 aromatic rings. The van der Waals surface area contributed by atoms with Crippen LogP contribution in [0.25, 0.3) is 0 Å². The number of aromatic hydroxyl groups is 7. The van der Waals surface area contributed by atoms with Crippen molar-refractivity contribution < 1.29 is 50.0 Å². The molecule has 0 bridgehead atoms. The van der Waals surface area contributed by atoms with Crippen LogP contribution in [0.3, 0.4) is 0 Å². The maximum Gasteiger partial charge on any atom is 0.338 e. The fourth-order valence-electron chi connectivity index (χ4n) is 3.54. The van der Waals surface area contributed by atoms with E-state index in [1.165, 1.54) is 18.2 Å². The van der Waals surface area contributed by atoms with E-state index in [4.69, 9.17) is 9.47 Å².